The molecule has 72 valence electrons. The molecule has 3 heteroatoms. The molecular formula is C10H15NO2. The Morgan fingerprint density at radius 3 is 3.23 bits per heavy atom. The Hall–Kier alpha value is -1.05. The van der Waals surface area contributed by atoms with Crippen LogP contribution in [0.5, 0.6) is 0 Å². The van der Waals surface area contributed by atoms with E-state index in [4.69, 9.17) is 4.74 Å². The van der Waals surface area contributed by atoms with Gasteiger partial charge in [0.1, 0.15) is 6.23 Å². The lowest BCUT2D eigenvalue weighted by atomic mass is 10.3. The molecule has 1 atom stereocenters. The summed E-state index contributed by atoms with van der Waals surface area (Å²) in [5, 5.41) is 0. The monoisotopic (exact) mass is 181 g/mol. The predicted molar refractivity (Wildman–Crippen MR) is 50.1 cm³/mol. The number of hydrogen-bond donors (Lipinski definition) is 0. The van der Waals surface area contributed by atoms with Crippen LogP contribution >= 0.6 is 0 Å². The number of carbonyl (C=O) groups is 1. The van der Waals surface area contributed by atoms with Gasteiger partial charge in [-0.3, -0.25) is 4.79 Å². The van der Waals surface area contributed by atoms with Crippen LogP contribution in [0.3, 0.4) is 0 Å². The number of ether oxygens (including phenoxy) is 1. The van der Waals surface area contributed by atoms with Gasteiger partial charge in [0, 0.05) is 26.0 Å². The van der Waals surface area contributed by atoms with Gasteiger partial charge in [-0.05, 0) is 13.0 Å². The van der Waals surface area contributed by atoms with Gasteiger partial charge in [0.2, 0.25) is 5.91 Å². The van der Waals surface area contributed by atoms with Gasteiger partial charge in [-0.2, -0.15) is 0 Å². The zero-order valence-corrected chi connectivity index (χ0v) is 7.95. The number of rotatable bonds is 4. The van der Waals surface area contributed by atoms with Gasteiger partial charge in [0.15, 0.2) is 0 Å². The van der Waals surface area contributed by atoms with E-state index in [0.29, 0.717) is 19.6 Å². The topological polar surface area (TPSA) is 29.5 Å². The Balaban J connectivity index is 2.54. The SMILES string of the molecule is C=C=CCN1C(=O)CCC1OCC. The third-order valence-electron chi connectivity index (χ3n) is 2.06. The van der Waals surface area contributed by atoms with E-state index in [1.165, 1.54) is 0 Å². The van der Waals surface area contributed by atoms with Gasteiger partial charge in [-0.1, -0.05) is 6.58 Å². The molecule has 1 heterocycles. The molecule has 0 aliphatic carbocycles. The molecule has 1 unspecified atom stereocenters. The third kappa shape index (κ3) is 2.44. The minimum Gasteiger partial charge on any atom is -0.359 e. The fraction of sp³-hybridized carbons (Fsp3) is 0.600. The van der Waals surface area contributed by atoms with E-state index in [2.05, 4.69) is 12.3 Å². The van der Waals surface area contributed by atoms with E-state index in [-0.39, 0.29) is 12.1 Å². The first-order chi connectivity index (χ1) is 6.29. The van der Waals surface area contributed by atoms with Gasteiger partial charge in [0.05, 0.1) is 0 Å². The van der Waals surface area contributed by atoms with Crippen molar-refractivity contribution in [2.75, 3.05) is 13.2 Å². The molecule has 1 rings (SSSR count). The second kappa shape index (κ2) is 4.85. The van der Waals surface area contributed by atoms with Crippen molar-refractivity contribution in [2.45, 2.75) is 26.0 Å². The number of hydrogen-bond acceptors (Lipinski definition) is 2. The Kier molecular flexibility index (Phi) is 3.74. The molecule has 1 fully saturated rings. The number of nitrogens with zero attached hydrogens (tertiary/aromatic N) is 1. The first-order valence-electron chi connectivity index (χ1n) is 4.55. The first-order valence-corrected chi connectivity index (χ1v) is 4.55. The van der Waals surface area contributed by atoms with Crippen LogP contribution in [0.1, 0.15) is 19.8 Å². The van der Waals surface area contributed by atoms with E-state index >= 15 is 0 Å². The second-order valence-electron chi connectivity index (χ2n) is 2.90. The summed E-state index contributed by atoms with van der Waals surface area (Å²) < 4.78 is 5.42. The van der Waals surface area contributed by atoms with Gasteiger partial charge in [-0.25, -0.2) is 0 Å². The lowest BCUT2D eigenvalue weighted by molar-refractivity contribution is -0.135. The minimum atomic E-state index is -0.0397. The van der Waals surface area contributed by atoms with Crippen molar-refractivity contribution < 1.29 is 9.53 Å². The van der Waals surface area contributed by atoms with Crippen molar-refractivity contribution >= 4 is 5.91 Å². The fourth-order valence-corrected chi connectivity index (χ4v) is 1.45. The minimum absolute atomic E-state index is 0.0397. The summed E-state index contributed by atoms with van der Waals surface area (Å²) in [7, 11) is 0. The molecule has 0 bridgehead atoms. The summed E-state index contributed by atoms with van der Waals surface area (Å²) in [4.78, 5) is 13.1. The van der Waals surface area contributed by atoms with Crippen LogP contribution in [0.25, 0.3) is 0 Å². The molecule has 0 N–H and O–H groups in total. The Morgan fingerprint density at radius 2 is 2.62 bits per heavy atom. The highest BCUT2D eigenvalue weighted by Crippen LogP contribution is 2.19. The van der Waals surface area contributed by atoms with Crippen LogP contribution in [-0.4, -0.2) is 30.2 Å². The third-order valence-corrected chi connectivity index (χ3v) is 2.06. The lowest BCUT2D eigenvalue weighted by Crippen LogP contribution is -2.34. The van der Waals surface area contributed by atoms with Crippen LogP contribution < -0.4 is 0 Å². The molecule has 1 aliphatic rings. The standard InChI is InChI=1S/C10H15NO2/c1-3-5-8-11-9(12)6-7-10(11)13-4-2/h5,10H,1,4,6-8H2,2H3. The van der Waals surface area contributed by atoms with Crippen LogP contribution in [0.4, 0.5) is 0 Å². The molecule has 1 aliphatic heterocycles. The van der Waals surface area contributed by atoms with Crippen molar-refractivity contribution in [3.05, 3.63) is 18.4 Å². The molecule has 0 spiro atoms. The average molecular weight is 181 g/mol. The molecule has 0 radical (unpaired) electrons. The number of carbonyl (C=O) groups excluding carboxylic acids is 1. The maximum Gasteiger partial charge on any atom is 0.225 e. The molecule has 3 nitrogen and oxygen atoms in total. The maximum absolute atomic E-state index is 11.3. The van der Waals surface area contributed by atoms with E-state index in [9.17, 15) is 4.79 Å². The van der Waals surface area contributed by atoms with Crippen molar-refractivity contribution in [2.24, 2.45) is 0 Å². The van der Waals surface area contributed by atoms with E-state index in [0.717, 1.165) is 6.42 Å². The number of amides is 1. The van der Waals surface area contributed by atoms with Crippen LogP contribution in [0.2, 0.25) is 0 Å². The van der Waals surface area contributed by atoms with Crippen molar-refractivity contribution in [3.63, 3.8) is 0 Å². The molecular weight excluding hydrogens is 166 g/mol. The summed E-state index contributed by atoms with van der Waals surface area (Å²) in [5.41, 5.74) is 2.65. The van der Waals surface area contributed by atoms with E-state index in [1.807, 2.05) is 6.92 Å². The van der Waals surface area contributed by atoms with Gasteiger partial charge < -0.3 is 9.64 Å². The van der Waals surface area contributed by atoms with Crippen molar-refractivity contribution in [1.82, 2.24) is 4.90 Å². The highest BCUT2D eigenvalue weighted by atomic mass is 16.5. The number of likely N-dealkylation sites (tertiary alicyclic amines) is 1. The summed E-state index contributed by atoms with van der Waals surface area (Å²) in [6, 6.07) is 0. The van der Waals surface area contributed by atoms with Crippen molar-refractivity contribution in [3.8, 4) is 0 Å². The summed E-state index contributed by atoms with van der Waals surface area (Å²) >= 11 is 0. The lowest BCUT2D eigenvalue weighted by Gasteiger charge is -2.22. The highest BCUT2D eigenvalue weighted by Gasteiger charge is 2.29. The Labute approximate surface area is 78.7 Å². The molecule has 0 saturated carbocycles. The zero-order valence-electron chi connectivity index (χ0n) is 7.95. The summed E-state index contributed by atoms with van der Waals surface area (Å²) in [6.07, 6.45) is 3.10. The fourth-order valence-electron chi connectivity index (χ4n) is 1.45. The zero-order chi connectivity index (χ0) is 9.68. The molecule has 13 heavy (non-hydrogen) atoms. The molecule has 1 saturated heterocycles. The van der Waals surface area contributed by atoms with Crippen molar-refractivity contribution in [1.29, 1.82) is 0 Å². The predicted octanol–water partition coefficient (Wildman–Crippen LogP) is 1.31. The van der Waals surface area contributed by atoms with Gasteiger partial charge >= 0.3 is 0 Å². The van der Waals surface area contributed by atoms with E-state index in [1.54, 1.807) is 11.0 Å². The average Bonchev–Trinajstić information content (AvgIpc) is 2.45. The Morgan fingerprint density at radius 1 is 1.85 bits per heavy atom. The largest absolute Gasteiger partial charge is 0.359 e. The van der Waals surface area contributed by atoms with Gasteiger partial charge in [0.25, 0.3) is 0 Å². The smallest absolute Gasteiger partial charge is 0.225 e. The molecule has 0 aromatic carbocycles. The highest BCUT2D eigenvalue weighted by molar-refractivity contribution is 5.78. The van der Waals surface area contributed by atoms with Crippen LogP contribution in [0, 0.1) is 0 Å². The maximum atomic E-state index is 11.3. The molecule has 1 amide bonds. The Bertz CT molecular complexity index is 231. The normalized spacial score (nSPS) is 21.8. The summed E-state index contributed by atoms with van der Waals surface area (Å²) in [5.74, 6) is 0.157. The molecule has 0 aromatic rings. The quantitative estimate of drug-likeness (QED) is 0.612. The van der Waals surface area contributed by atoms with Crippen LogP contribution in [-0.2, 0) is 9.53 Å². The second-order valence-corrected chi connectivity index (χ2v) is 2.90. The van der Waals surface area contributed by atoms with Crippen LogP contribution in [0.15, 0.2) is 18.4 Å². The summed E-state index contributed by atoms with van der Waals surface area (Å²) in [6.45, 7) is 6.60. The first kappa shape index (κ1) is 10.0. The van der Waals surface area contributed by atoms with E-state index < -0.39 is 0 Å². The molecule has 0 aromatic heterocycles. The van der Waals surface area contributed by atoms with Gasteiger partial charge in [-0.15, -0.1) is 5.73 Å².